The number of halogens is 2. The largest absolute Gasteiger partial charge is 0.481 e. The molecule has 0 bridgehead atoms. The van der Waals surface area contributed by atoms with E-state index < -0.39 is 29.0 Å². The van der Waals surface area contributed by atoms with Crippen molar-refractivity contribution in [2.45, 2.75) is 38.5 Å². The molecule has 0 aliphatic rings. The van der Waals surface area contributed by atoms with E-state index in [1.165, 1.54) is 6.07 Å². The first-order valence-corrected chi connectivity index (χ1v) is 6.21. The SMILES string of the molecule is O=C(O)CCCCCCC(=O)c1c(F)cccc1F. The molecule has 0 aliphatic heterocycles. The molecule has 0 fully saturated rings. The molecule has 0 spiro atoms. The van der Waals surface area contributed by atoms with Gasteiger partial charge in [0.05, 0.1) is 5.56 Å². The third-order valence-corrected chi connectivity index (χ3v) is 2.79. The van der Waals surface area contributed by atoms with Gasteiger partial charge in [-0.05, 0) is 25.0 Å². The third kappa shape index (κ3) is 5.16. The van der Waals surface area contributed by atoms with Gasteiger partial charge in [-0.25, -0.2) is 8.78 Å². The molecule has 0 atom stereocenters. The van der Waals surface area contributed by atoms with Crippen LogP contribution in [0, 0.1) is 11.6 Å². The Morgan fingerprint density at radius 2 is 1.47 bits per heavy atom. The Labute approximate surface area is 110 Å². The first-order valence-electron chi connectivity index (χ1n) is 6.21. The maximum absolute atomic E-state index is 13.3. The molecule has 0 saturated heterocycles. The van der Waals surface area contributed by atoms with E-state index in [1.807, 2.05) is 0 Å². The minimum atomic E-state index is -0.843. The van der Waals surface area contributed by atoms with Crippen molar-refractivity contribution in [2.24, 2.45) is 0 Å². The summed E-state index contributed by atoms with van der Waals surface area (Å²) in [6, 6.07) is 3.33. The Hall–Kier alpha value is -1.78. The average Bonchev–Trinajstić information content (AvgIpc) is 2.33. The van der Waals surface area contributed by atoms with E-state index in [0.717, 1.165) is 12.1 Å². The van der Waals surface area contributed by atoms with E-state index in [0.29, 0.717) is 25.7 Å². The number of carbonyl (C=O) groups is 2. The van der Waals surface area contributed by atoms with Gasteiger partial charge in [-0.3, -0.25) is 9.59 Å². The minimum absolute atomic E-state index is 0.0743. The van der Waals surface area contributed by atoms with Crippen LogP contribution in [0.15, 0.2) is 18.2 Å². The van der Waals surface area contributed by atoms with Crippen molar-refractivity contribution in [3.8, 4) is 0 Å². The number of Topliss-reactive ketones (excluding diaryl/α,β-unsaturated/α-hetero) is 1. The predicted octanol–water partition coefficient (Wildman–Crippen LogP) is 3.57. The highest BCUT2D eigenvalue weighted by atomic mass is 19.1. The highest BCUT2D eigenvalue weighted by Gasteiger charge is 2.16. The van der Waals surface area contributed by atoms with Crippen molar-refractivity contribution in [1.29, 1.82) is 0 Å². The standard InChI is InChI=1S/C14H16F2O3/c15-10-6-5-7-11(16)14(10)12(17)8-3-1-2-4-9-13(18)19/h5-7H,1-4,8-9H2,(H,18,19). The van der Waals surface area contributed by atoms with Crippen molar-refractivity contribution in [2.75, 3.05) is 0 Å². The number of hydrogen-bond acceptors (Lipinski definition) is 2. The average molecular weight is 270 g/mol. The van der Waals surface area contributed by atoms with Gasteiger partial charge in [-0.15, -0.1) is 0 Å². The fraction of sp³-hybridized carbons (Fsp3) is 0.429. The van der Waals surface area contributed by atoms with Gasteiger partial charge < -0.3 is 5.11 Å². The summed E-state index contributed by atoms with van der Waals surface area (Å²) in [6.07, 6.45) is 2.61. The molecule has 3 nitrogen and oxygen atoms in total. The lowest BCUT2D eigenvalue weighted by Crippen LogP contribution is -2.05. The molecular weight excluding hydrogens is 254 g/mol. The van der Waals surface area contributed by atoms with E-state index in [1.54, 1.807) is 0 Å². The molecule has 0 unspecified atom stereocenters. The lowest BCUT2D eigenvalue weighted by atomic mass is 10.0. The maximum Gasteiger partial charge on any atom is 0.303 e. The molecule has 1 N–H and O–H groups in total. The molecule has 1 aromatic carbocycles. The molecule has 1 rings (SSSR count). The number of benzene rings is 1. The summed E-state index contributed by atoms with van der Waals surface area (Å²) < 4.78 is 26.6. The number of carbonyl (C=O) groups excluding carboxylic acids is 1. The van der Waals surface area contributed by atoms with Crippen molar-refractivity contribution in [1.82, 2.24) is 0 Å². The van der Waals surface area contributed by atoms with Gasteiger partial charge in [-0.1, -0.05) is 18.9 Å². The van der Waals surface area contributed by atoms with Gasteiger partial charge >= 0.3 is 5.97 Å². The molecule has 0 radical (unpaired) electrons. The molecule has 19 heavy (non-hydrogen) atoms. The molecule has 0 heterocycles. The van der Waals surface area contributed by atoms with Crippen LogP contribution in [0.25, 0.3) is 0 Å². The zero-order valence-electron chi connectivity index (χ0n) is 10.5. The number of unbranched alkanes of at least 4 members (excludes halogenated alkanes) is 3. The smallest absolute Gasteiger partial charge is 0.303 e. The number of aliphatic carboxylic acids is 1. The highest BCUT2D eigenvalue weighted by Crippen LogP contribution is 2.16. The Morgan fingerprint density at radius 3 is 2.00 bits per heavy atom. The van der Waals surface area contributed by atoms with Crippen LogP contribution in [0.3, 0.4) is 0 Å². The molecule has 5 heteroatoms. The van der Waals surface area contributed by atoms with Crippen molar-refractivity contribution in [3.05, 3.63) is 35.4 Å². The summed E-state index contributed by atoms with van der Waals surface area (Å²) >= 11 is 0. The van der Waals surface area contributed by atoms with Crippen LogP contribution in [0.2, 0.25) is 0 Å². The fourth-order valence-corrected chi connectivity index (χ4v) is 1.80. The maximum atomic E-state index is 13.3. The monoisotopic (exact) mass is 270 g/mol. The van der Waals surface area contributed by atoms with Crippen LogP contribution < -0.4 is 0 Å². The Kier molecular flexibility index (Phi) is 6.12. The van der Waals surface area contributed by atoms with Gasteiger partial charge in [0, 0.05) is 12.8 Å². The Bertz CT molecular complexity index is 438. The van der Waals surface area contributed by atoms with Crippen molar-refractivity contribution in [3.63, 3.8) is 0 Å². The van der Waals surface area contributed by atoms with Crippen LogP contribution in [0.1, 0.15) is 48.9 Å². The van der Waals surface area contributed by atoms with Crippen LogP contribution in [-0.4, -0.2) is 16.9 Å². The normalized spacial score (nSPS) is 10.4. The predicted molar refractivity (Wildman–Crippen MR) is 66.0 cm³/mol. The fourth-order valence-electron chi connectivity index (χ4n) is 1.80. The topological polar surface area (TPSA) is 54.4 Å². The van der Waals surface area contributed by atoms with E-state index in [2.05, 4.69) is 0 Å². The Balaban J connectivity index is 2.34. The second-order valence-corrected chi connectivity index (χ2v) is 4.33. The molecule has 0 aliphatic carbocycles. The number of carboxylic acid groups (broad SMARTS) is 1. The summed E-state index contributed by atoms with van der Waals surface area (Å²) in [5.74, 6) is -3.06. The van der Waals surface area contributed by atoms with Crippen LogP contribution in [-0.2, 0) is 4.79 Å². The minimum Gasteiger partial charge on any atom is -0.481 e. The third-order valence-electron chi connectivity index (χ3n) is 2.79. The van der Waals surface area contributed by atoms with Crippen molar-refractivity contribution < 1.29 is 23.5 Å². The number of rotatable bonds is 8. The molecule has 104 valence electrons. The van der Waals surface area contributed by atoms with Gasteiger partial charge in [0.1, 0.15) is 11.6 Å². The van der Waals surface area contributed by atoms with Gasteiger partial charge in [-0.2, -0.15) is 0 Å². The summed E-state index contributed by atoms with van der Waals surface area (Å²) in [7, 11) is 0. The molecule has 0 amide bonds. The molecule has 0 saturated carbocycles. The molecule has 1 aromatic rings. The Morgan fingerprint density at radius 1 is 0.947 bits per heavy atom. The van der Waals surface area contributed by atoms with E-state index in [-0.39, 0.29) is 12.8 Å². The zero-order valence-corrected chi connectivity index (χ0v) is 10.5. The van der Waals surface area contributed by atoms with Gasteiger partial charge in [0.2, 0.25) is 0 Å². The van der Waals surface area contributed by atoms with E-state index >= 15 is 0 Å². The van der Waals surface area contributed by atoms with Crippen LogP contribution in [0.4, 0.5) is 8.78 Å². The lowest BCUT2D eigenvalue weighted by molar-refractivity contribution is -0.137. The first kappa shape index (κ1) is 15.3. The highest BCUT2D eigenvalue weighted by molar-refractivity contribution is 5.96. The first-order chi connectivity index (χ1) is 9.02. The lowest BCUT2D eigenvalue weighted by Gasteiger charge is -2.04. The number of ketones is 1. The van der Waals surface area contributed by atoms with E-state index in [9.17, 15) is 18.4 Å². The number of hydrogen-bond donors (Lipinski definition) is 1. The van der Waals surface area contributed by atoms with E-state index in [4.69, 9.17) is 5.11 Å². The van der Waals surface area contributed by atoms with Gasteiger partial charge in [0.25, 0.3) is 0 Å². The summed E-state index contributed by atoms with van der Waals surface area (Å²) in [5, 5.41) is 8.43. The number of carboxylic acids is 1. The second kappa shape index (κ2) is 7.61. The quantitative estimate of drug-likeness (QED) is 0.580. The van der Waals surface area contributed by atoms with Gasteiger partial charge in [0.15, 0.2) is 5.78 Å². The molecular formula is C14H16F2O3. The molecule has 0 aromatic heterocycles. The van der Waals surface area contributed by atoms with Crippen LogP contribution in [0.5, 0.6) is 0 Å². The zero-order chi connectivity index (χ0) is 14.3. The second-order valence-electron chi connectivity index (χ2n) is 4.33. The van der Waals surface area contributed by atoms with Crippen LogP contribution >= 0.6 is 0 Å². The van der Waals surface area contributed by atoms with Crippen molar-refractivity contribution >= 4 is 11.8 Å². The summed E-state index contributed by atoms with van der Waals surface area (Å²) in [6.45, 7) is 0. The summed E-state index contributed by atoms with van der Waals surface area (Å²) in [5.41, 5.74) is -0.479. The summed E-state index contributed by atoms with van der Waals surface area (Å²) in [4.78, 5) is 21.9.